The molecule has 24 heavy (non-hydrogen) atoms. The van der Waals surface area contributed by atoms with Crippen LogP contribution in [0.15, 0.2) is 11.2 Å². The van der Waals surface area contributed by atoms with Gasteiger partial charge in [-0.3, -0.25) is 4.79 Å². The summed E-state index contributed by atoms with van der Waals surface area (Å²) >= 11 is 2.34. The lowest BCUT2D eigenvalue weighted by Crippen LogP contribution is -2.28. The second-order valence-electron chi connectivity index (χ2n) is 5.28. The van der Waals surface area contributed by atoms with E-state index >= 15 is 0 Å². The predicted molar refractivity (Wildman–Crippen MR) is 92.6 cm³/mol. The lowest BCUT2D eigenvalue weighted by Gasteiger charge is -2.10. The number of aromatic carboxylic acids is 1. The van der Waals surface area contributed by atoms with Crippen LogP contribution in [0.2, 0.25) is 0 Å². The summed E-state index contributed by atoms with van der Waals surface area (Å²) in [4.78, 5) is 36.1. The van der Waals surface area contributed by atoms with E-state index in [2.05, 4.69) is 20.3 Å². The molecule has 0 fully saturated rings. The van der Waals surface area contributed by atoms with E-state index < -0.39 is 5.97 Å². The molecule has 0 bridgehead atoms. The van der Waals surface area contributed by atoms with Gasteiger partial charge < -0.3 is 10.4 Å². The molecular weight excluding hydrogens is 348 g/mol. The Bertz CT molecular complexity index is 756. The van der Waals surface area contributed by atoms with Crippen LogP contribution in [0.1, 0.15) is 44.7 Å². The molecule has 2 N–H and O–H groups in total. The number of aromatic nitrogens is 3. The van der Waals surface area contributed by atoms with Crippen LogP contribution < -0.4 is 5.32 Å². The van der Waals surface area contributed by atoms with Crippen molar-refractivity contribution in [2.45, 2.75) is 38.9 Å². The molecule has 2 aromatic rings. The maximum Gasteiger partial charge on any atom is 0.347 e. The van der Waals surface area contributed by atoms with Crippen molar-refractivity contribution in [3.63, 3.8) is 0 Å². The molecule has 1 atom stereocenters. The Kier molecular flexibility index (Phi) is 5.89. The summed E-state index contributed by atoms with van der Waals surface area (Å²) in [6, 6.07) is 1.52. The molecule has 0 aliphatic rings. The smallest absolute Gasteiger partial charge is 0.347 e. The predicted octanol–water partition coefficient (Wildman–Crippen LogP) is 2.53. The molecule has 0 aromatic carbocycles. The topological polar surface area (TPSA) is 105 Å². The number of carboxylic acid groups (broad SMARTS) is 1. The zero-order valence-electron chi connectivity index (χ0n) is 13.8. The minimum absolute atomic E-state index is 0.181. The first-order valence-electron chi connectivity index (χ1n) is 7.21. The molecule has 128 valence electrons. The second kappa shape index (κ2) is 7.71. The van der Waals surface area contributed by atoms with Crippen molar-refractivity contribution in [3.8, 4) is 0 Å². The van der Waals surface area contributed by atoms with Crippen LogP contribution in [-0.2, 0) is 4.79 Å². The normalized spacial score (nSPS) is 12.0. The molecule has 2 aromatic heterocycles. The Morgan fingerprint density at radius 2 is 1.88 bits per heavy atom. The van der Waals surface area contributed by atoms with E-state index in [1.807, 2.05) is 19.9 Å². The summed E-state index contributed by atoms with van der Waals surface area (Å²) in [7, 11) is 0. The minimum atomic E-state index is -1.00. The summed E-state index contributed by atoms with van der Waals surface area (Å²) in [5, 5.41) is 13.0. The molecule has 9 heteroatoms. The molecule has 2 rings (SSSR count). The number of nitrogens with zero attached hydrogens (tertiary/aromatic N) is 3. The minimum Gasteiger partial charge on any atom is -0.477 e. The van der Waals surface area contributed by atoms with Gasteiger partial charge in [-0.2, -0.15) is 0 Å². The molecule has 1 amide bonds. The Morgan fingerprint density at radius 1 is 1.25 bits per heavy atom. The first-order chi connectivity index (χ1) is 11.3. The quantitative estimate of drug-likeness (QED) is 0.598. The van der Waals surface area contributed by atoms with Crippen LogP contribution in [-0.4, -0.2) is 37.7 Å². The molecule has 0 spiro atoms. The summed E-state index contributed by atoms with van der Waals surface area (Å²) in [5.74, 6) is -0.999. The Hall–Kier alpha value is -2.00. The fraction of sp³-hybridized carbons (Fsp3) is 0.400. The van der Waals surface area contributed by atoms with Crippen molar-refractivity contribution in [1.29, 1.82) is 0 Å². The zero-order valence-corrected chi connectivity index (χ0v) is 15.4. The van der Waals surface area contributed by atoms with E-state index in [1.54, 1.807) is 13.8 Å². The van der Waals surface area contributed by atoms with Crippen LogP contribution in [0.3, 0.4) is 0 Å². The van der Waals surface area contributed by atoms with Crippen molar-refractivity contribution in [3.05, 3.63) is 33.0 Å². The highest BCUT2D eigenvalue weighted by Crippen LogP contribution is 2.23. The lowest BCUT2D eigenvalue weighted by molar-refractivity contribution is -0.119. The number of aryl methyl sites for hydroxylation is 3. The summed E-state index contributed by atoms with van der Waals surface area (Å²) in [6.07, 6.45) is 0. The van der Waals surface area contributed by atoms with E-state index in [4.69, 9.17) is 5.11 Å². The Balaban J connectivity index is 1.94. The van der Waals surface area contributed by atoms with E-state index in [-0.39, 0.29) is 22.6 Å². The van der Waals surface area contributed by atoms with E-state index in [1.165, 1.54) is 11.8 Å². The van der Waals surface area contributed by atoms with Crippen LogP contribution in [0.25, 0.3) is 0 Å². The molecule has 2 heterocycles. The number of rotatable bonds is 6. The van der Waals surface area contributed by atoms with Gasteiger partial charge >= 0.3 is 5.97 Å². The van der Waals surface area contributed by atoms with E-state index in [9.17, 15) is 9.59 Å². The standard InChI is InChI=1S/C15H18N4O3S2/c1-7-5-8(2)17-15(16-7)23-6-11(20)18-10(4)13-19-9(3)12(24-13)14(21)22/h5,10H,6H2,1-4H3,(H,18,20)(H,21,22). The number of amides is 1. The average molecular weight is 366 g/mol. The van der Waals surface area contributed by atoms with Gasteiger partial charge in [0.25, 0.3) is 0 Å². The zero-order chi connectivity index (χ0) is 17.9. The highest BCUT2D eigenvalue weighted by atomic mass is 32.2. The number of thiazole rings is 1. The molecule has 0 aliphatic carbocycles. The number of carboxylic acids is 1. The van der Waals surface area contributed by atoms with Gasteiger partial charge in [-0.25, -0.2) is 19.7 Å². The number of hydrogen-bond acceptors (Lipinski definition) is 7. The average Bonchev–Trinajstić information content (AvgIpc) is 2.86. The van der Waals surface area contributed by atoms with Gasteiger partial charge in [0, 0.05) is 11.4 Å². The van der Waals surface area contributed by atoms with Crippen molar-refractivity contribution >= 4 is 35.0 Å². The first kappa shape index (κ1) is 18.3. The third-order valence-electron chi connectivity index (χ3n) is 3.05. The number of thioether (sulfide) groups is 1. The van der Waals surface area contributed by atoms with Gasteiger partial charge in [-0.15, -0.1) is 11.3 Å². The van der Waals surface area contributed by atoms with Gasteiger partial charge in [0.2, 0.25) is 5.91 Å². The van der Waals surface area contributed by atoms with E-state index in [0.29, 0.717) is 15.9 Å². The fourth-order valence-electron chi connectivity index (χ4n) is 2.03. The van der Waals surface area contributed by atoms with Crippen LogP contribution in [0.5, 0.6) is 0 Å². The monoisotopic (exact) mass is 366 g/mol. The molecule has 1 unspecified atom stereocenters. The van der Waals surface area contributed by atoms with Crippen LogP contribution in [0, 0.1) is 20.8 Å². The van der Waals surface area contributed by atoms with Gasteiger partial charge in [0.05, 0.1) is 17.5 Å². The highest BCUT2D eigenvalue weighted by Gasteiger charge is 2.19. The Labute approximate surface area is 147 Å². The van der Waals surface area contributed by atoms with Crippen LogP contribution in [0.4, 0.5) is 0 Å². The Morgan fingerprint density at radius 3 is 2.42 bits per heavy atom. The summed E-state index contributed by atoms with van der Waals surface area (Å²) in [6.45, 7) is 7.18. The van der Waals surface area contributed by atoms with E-state index in [0.717, 1.165) is 22.7 Å². The maximum atomic E-state index is 12.1. The number of carbonyl (C=O) groups excluding carboxylic acids is 1. The second-order valence-corrected chi connectivity index (χ2v) is 7.26. The maximum absolute atomic E-state index is 12.1. The van der Waals surface area contributed by atoms with Gasteiger partial charge in [0.1, 0.15) is 9.88 Å². The van der Waals surface area contributed by atoms with Crippen molar-refractivity contribution in [1.82, 2.24) is 20.3 Å². The number of nitrogens with one attached hydrogen (secondary N) is 1. The van der Waals surface area contributed by atoms with Crippen molar-refractivity contribution in [2.75, 3.05) is 5.75 Å². The number of carbonyl (C=O) groups is 2. The number of hydrogen-bond donors (Lipinski definition) is 2. The molecule has 0 aliphatic heterocycles. The SMILES string of the molecule is Cc1cc(C)nc(SCC(=O)NC(C)c2nc(C)c(C(=O)O)s2)n1. The van der Waals surface area contributed by atoms with Crippen molar-refractivity contribution < 1.29 is 14.7 Å². The summed E-state index contributed by atoms with van der Waals surface area (Å²) in [5.41, 5.74) is 2.18. The van der Waals surface area contributed by atoms with Gasteiger partial charge in [0.15, 0.2) is 5.16 Å². The van der Waals surface area contributed by atoms with Gasteiger partial charge in [-0.05, 0) is 33.8 Å². The lowest BCUT2D eigenvalue weighted by atomic mass is 10.3. The van der Waals surface area contributed by atoms with Crippen LogP contribution >= 0.6 is 23.1 Å². The molecular formula is C15H18N4O3S2. The summed E-state index contributed by atoms with van der Waals surface area (Å²) < 4.78 is 0. The largest absolute Gasteiger partial charge is 0.477 e. The first-order valence-corrected chi connectivity index (χ1v) is 9.01. The molecule has 0 saturated heterocycles. The highest BCUT2D eigenvalue weighted by molar-refractivity contribution is 7.99. The third kappa shape index (κ3) is 4.75. The van der Waals surface area contributed by atoms with Gasteiger partial charge in [-0.1, -0.05) is 11.8 Å². The fourth-order valence-corrected chi connectivity index (χ4v) is 3.70. The third-order valence-corrected chi connectivity index (χ3v) is 5.22. The molecule has 0 saturated carbocycles. The molecule has 0 radical (unpaired) electrons. The van der Waals surface area contributed by atoms with Crippen molar-refractivity contribution in [2.24, 2.45) is 0 Å². The molecule has 7 nitrogen and oxygen atoms in total.